The van der Waals surface area contributed by atoms with Gasteiger partial charge in [0.05, 0.1) is 5.69 Å². The molecule has 1 heterocycles. The Balaban J connectivity index is 1.52. The van der Waals surface area contributed by atoms with Crippen LogP contribution in [-0.4, -0.2) is 16.1 Å². The second-order valence-corrected chi connectivity index (χ2v) is 6.47. The summed E-state index contributed by atoms with van der Waals surface area (Å²) < 4.78 is 0. The molecule has 4 rings (SSSR count). The quantitative estimate of drug-likeness (QED) is 0.939. The Hall–Kier alpha value is -2.23. The number of carbonyl (C=O) groups excluding carboxylic acids is 1. The third-order valence-electron chi connectivity index (χ3n) is 4.76. The van der Waals surface area contributed by atoms with Crippen molar-refractivity contribution in [3.63, 3.8) is 0 Å². The number of anilines is 1. The van der Waals surface area contributed by atoms with Gasteiger partial charge in [-0.3, -0.25) is 4.79 Å². The summed E-state index contributed by atoms with van der Waals surface area (Å²) in [5.41, 5.74) is 3.82. The maximum atomic E-state index is 12.3. The van der Waals surface area contributed by atoms with E-state index in [1.807, 2.05) is 37.3 Å². The standard InChI is InChI=1S/C18H19N3O/c1-11-4-7-13(9-14(11)17-3-2-8-19-21-17)20-18(22)16-10-15(16)12-5-6-12/h2-4,7-9,12,15-16H,5-6,10H2,1H3,(H,20,22)/t15-,16-/m1/s1. The zero-order valence-corrected chi connectivity index (χ0v) is 12.6. The van der Waals surface area contributed by atoms with Crippen LogP contribution in [0.2, 0.25) is 0 Å². The normalized spacial score (nSPS) is 23.1. The van der Waals surface area contributed by atoms with Gasteiger partial charge in [0.2, 0.25) is 5.91 Å². The van der Waals surface area contributed by atoms with E-state index in [0.29, 0.717) is 5.92 Å². The van der Waals surface area contributed by atoms with E-state index in [2.05, 4.69) is 15.5 Å². The molecule has 0 spiro atoms. The Morgan fingerprint density at radius 3 is 2.86 bits per heavy atom. The largest absolute Gasteiger partial charge is 0.326 e. The van der Waals surface area contributed by atoms with Crippen LogP contribution in [0.3, 0.4) is 0 Å². The molecule has 1 aromatic carbocycles. The Morgan fingerprint density at radius 2 is 2.14 bits per heavy atom. The molecule has 2 fully saturated rings. The number of hydrogen-bond acceptors (Lipinski definition) is 3. The first-order valence-corrected chi connectivity index (χ1v) is 7.92. The van der Waals surface area contributed by atoms with Crippen molar-refractivity contribution < 1.29 is 4.79 Å². The van der Waals surface area contributed by atoms with Crippen LogP contribution < -0.4 is 5.32 Å². The van der Waals surface area contributed by atoms with Crippen LogP contribution in [0, 0.1) is 24.7 Å². The fourth-order valence-electron chi connectivity index (χ4n) is 3.22. The van der Waals surface area contributed by atoms with Crippen molar-refractivity contribution in [1.82, 2.24) is 10.2 Å². The molecule has 112 valence electrons. The summed E-state index contributed by atoms with van der Waals surface area (Å²) in [5, 5.41) is 11.2. The van der Waals surface area contributed by atoms with Crippen molar-refractivity contribution in [2.45, 2.75) is 26.2 Å². The van der Waals surface area contributed by atoms with E-state index < -0.39 is 0 Å². The highest BCUT2D eigenvalue weighted by molar-refractivity contribution is 5.95. The molecule has 2 saturated carbocycles. The van der Waals surface area contributed by atoms with Gasteiger partial charge in [-0.05, 0) is 67.9 Å². The first-order chi connectivity index (χ1) is 10.7. The first kappa shape index (κ1) is 13.4. The minimum Gasteiger partial charge on any atom is -0.326 e. The zero-order chi connectivity index (χ0) is 15.1. The highest BCUT2D eigenvalue weighted by atomic mass is 16.2. The lowest BCUT2D eigenvalue weighted by Crippen LogP contribution is -2.15. The smallest absolute Gasteiger partial charge is 0.227 e. The Labute approximate surface area is 130 Å². The third kappa shape index (κ3) is 2.61. The fourth-order valence-corrected chi connectivity index (χ4v) is 3.22. The van der Waals surface area contributed by atoms with Gasteiger partial charge < -0.3 is 5.32 Å². The Morgan fingerprint density at radius 1 is 1.27 bits per heavy atom. The molecule has 2 aliphatic rings. The second kappa shape index (κ2) is 5.20. The summed E-state index contributed by atoms with van der Waals surface area (Å²) in [6.07, 6.45) is 5.36. The predicted molar refractivity (Wildman–Crippen MR) is 85.2 cm³/mol. The van der Waals surface area contributed by atoms with Gasteiger partial charge in [-0.15, -0.1) is 0 Å². The molecule has 0 bridgehead atoms. The van der Waals surface area contributed by atoms with Gasteiger partial charge in [-0.25, -0.2) is 0 Å². The van der Waals surface area contributed by atoms with E-state index in [-0.39, 0.29) is 11.8 Å². The molecule has 1 amide bonds. The molecule has 1 N–H and O–H groups in total. The topological polar surface area (TPSA) is 54.9 Å². The maximum Gasteiger partial charge on any atom is 0.227 e. The number of rotatable bonds is 4. The molecule has 0 unspecified atom stereocenters. The number of carbonyl (C=O) groups is 1. The van der Waals surface area contributed by atoms with E-state index in [0.717, 1.165) is 34.8 Å². The van der Waals surface area contributed by atoms with Crippen molar-refractivity contribution >= 4 is 11.6 Å². The minimum atomic E-state index is 0.172. The molecule has 1 aromatic heterocycles. The second-order valence-electron chi connectivity index (χ2n) is 6.47. The molecule has 22 heavy (non-hydrogen) atoms. The molecule has 2 aliphatic carbocycles. The number of aromatic nitrogens is 2. The number of nitrogens with zero attached hydrogens (tertiary/aromatic N) is 2. The molecule has 4 heteroatoms. The third-order valence-corrected chi connectivity index (χ3v) is 4.76. The summed E-state index contributed by atoms with van der Waals surface area (Å²) in [6.45, 7) is 2.04. The van der Waals surface area contributed by atoms with Crippen LogP contribution in [0.5, 0.6) is 0 Å². The molecule has 4 nitrogen and oxygen atoms in total. The van der Waals surface area contributed by atoms with Crippen molar-refractivity contribution in [2.24, 2.45) is 17.8 Å². The molecule has 2 atom stereocenters. The number of amides is 1. The summed E-state index contributed by atoms with van der Waals surface area (Å²) in [5.74, 6) is 1.87. The van der Waals surface area contributed by atoms with E-state index in [4.69, 9.17) is 0 Å². The summed E-state index contributed by atoms with van der Waals surface area (Å²) in [7, 11) is 0. The average Bonchev–Trinajstić information content (AvgIpc) is 3.40. The van der Waals surface area contributed by atoms with Crippen LogP contribution >= 0.6 is 0 Å². The van der Waals surface area contributed by atoms with Crippen molar-refractivity contribution in [3.8, 4) is 11.3 Å². The summed E-state index contributed by atoms with van der Waals surface area (Å²) >= 11 is 0. The van der Waals surface area contributed by atoms with Gasteiger partial charge in [0.25, 0.3) is 0 Å². The first-order valence-electron chi connectivity index (χ1n) is 7.92. The van der Waals surface area contributed by atoms with Crippen molar-refractivity contribution in [2.75, 3.05) is 5.32 Å². The number of aryl methyl sites for hydroxylation is 1. The zero-order valence-electron chi connectivity index (χ0n) is 12.6. The molecular formula is C18H19N3O. The van der Waals surface area contributed by atoms with Crippen LogP contribution in [0.25, 0.3) is 11.3 Å². The van der Waals surface area contributed by atoms with Gasteiger partial charge in [-0.2, -0.15) is 10.2 Å². The lowest BCUT2D eigenvalue weighted by atomic mass is 10.0. The lowest BCUT2D eigenvalue weighted by Gasteiger charge is -2.09. The van der Waals surface area contributed by atoms with Crippen molar-refractivity contribution in [3.05, 3.63) is 42.1 Å². The van der Waals surface area contributed by atoms with Crippen LogP contribution in [-0.2, 0) is 4.79 Å². The van der Waals surface area contributed by atoms with Gasteiger partial charge in [0, 0.05) is 23.4 Å². The van der Waals surface area contributed by atoms with Gasteiger partial charge in [-0.1, -0.05) is 6.07 Å². The van der Waals surface area contributed by atoms with E-state index >= 15 is 0 Å². The molecule has 0 saturated heterocycles. The minimum absolute atomic E-state index is 0.172. The van der Waals surface area contributed by atoms with Crippen molar-refractivity contribution in [1.29, 1.82) is 0 Å². The highest BCUT2D eigenvalue weighted by Gasteiger charge is 2.51. The fraction of sp³-hybridized carbons (Fsp3) is 0.389. The van der Waals surface area contributed by atoms with Crippen LogP contribution in [0.4, 0.5) is 5.69 Å². The number of benzene rings is 1. The summed E-state index contributed by atoms with van der Waals surface area (Å²) in [4.78, 5) is 12.3. The molecular weight excluding hydrogens is 274 g/mol. The monoisotopic (exact) mass is 293 g/mol. The van der Waals surface area contributed by atoms with E-state index in [9.17, 15) is 4.79 Å². The van der Waals surface area contributed by atoms with Crippen LogP contribution in [0.15, 0.2) is 36.5 Å². The Kier molecular flexibility index (Phi) is 3.17. The Bertz CT molecular complexity index is 710. The highest BCUT2D eigenvalue weighted by Crippen LogP contribution is 2.54. The van der Waals surface area contributed by atoms with Gasteiger partial charge in [0.15, 0.2) is 0 Å². The maximum absolute atomic E-state index is 12.3. The number of hydrogen-bond donors (Lipinski definition) is 1. The van der Waals surface area contributed by atoms with Crippen LogP contribution in [0.1, 0.15) is 24.8 Å². The van der Waals surface area contributed by atoms with E-state index in [1.165, 1.54) is 12.8 Å². The SMILES string of the molecule is Cc1ccc(NC(=O)[C@@H]2C[C@@H]2C2CC2)cc1-c1cccnn1. The van der Waals surface area contributed by atoms with Gasteiger partial charge in [0.1, 0.15) is 0 Å². The van der Waals surface area contributed by atoms with Gasteiger partial charge >= 0.3 is 0 Å². The number of nitrogens with one attached hydrogen (secondary N) is 1. The predicted octanol–water partition coefficient (Wildman–Crippen LogP) is 3.44. The molecule has 2 aromatic rings. The molecule has 0 radical (unpaired) electrons. The summed E-state index contributed by atoms with van der Waals surface area (Å²) in [6, 6.07) is 9.78. The van der Waals surface area contributed by atoms with E-state index in [1.54, 1.807) is 6.20 Å². The average molecular weight is 293 g/mol. The molecule has 0 aliphatic heterocycles. The lowest BCUT2D eigenvalue weighted by molar-refractivity contribution is -0.117.